The molecule has 2 heterocycles. The van der Waals surface area contributed by atoms with E-state index in [1.165, 1.54) is 13.2 Å². The van der Waals surface area contributed by atoms with Crippen LogP contribution >= 0.6 is 0 Å². The third-order valence-corrected chi connectivity index (χ3v) is 4.39. The number of anilines is 1. The van der Waals surface area contributed by atoms with Gasteiger partial charge in [0.1, 0.15) is 17.4 Å². The van der Waals surface area contributed by atoms with Gasteiger partial charge in [0.15, 0.2) is 0 Å². The molecule has 5 nitrogen and oxygen atoms in total. The van der Waals surface area contributed by atoms with Gasteiger partial charge in [-0.1, -0.05) is 12.1 Å². The molecule has 1 aliphatic rings. The van der Waals surface area contributed by atoms with Crippen molar-refractivity contribution in [2.24, 2.45) is 0 Å². The van der Waals surface area contributed by atoms with E-state index in [-0.39, 0.29) is 18.5 Å². The zero-order chi connectivity index (χ0) is 18.7. The lowest BCUT2D eigenvalue weighted by Gasteiger charge is -2.24. The van der Waals surface area contributed by atoms with Crippen molar-refractivity contribution < 1.29 is 14.2 Å². The smallest absolute Gasteiger partial charge is 0.134 e. The summed E-state index contributed by atoms with van der Waals surface area (Å²) in [6.45, 7) is 3.80. The molecule has 0 aliphatic carbocycles. The number of nitrogens with zero attached hydrogens (tertiary/aromatic N) is 1. The number of benzene rings is 1. The van der Waals surface area contributed by atoms with E-state index < -0.39 is 5.54 Å². The summed E-state index contributed by atoms with van der Waals surface area (Å²) < 4.78 is 19.6. The van der Waals surface area contributed by atoms with Gasteiger partial charge in [0.2, 0.25) is 0 Å². The van der Waals surface area contributed by atoms with E-state index in [4.69, 9.17) is 4.74 Å². The maximum Gasteiger partial charge on any atom is 0.134 e. The fraction of sp³-hybridized carbons (Fsp3) is 0.350. The molecule has 0 amide bonds. The summed E-state index contributed by atoms with van der Waals surface area (Å²) in [5.74, 6) is 0.915. The van der Waals surface area contributed by atoms with E-state index in [0.29, 0.717) is 23.6 Å². The van der Waals surface area contributed by atoms with Gasteiger partial charge in [-0.3, -0.25) is 0 Å². The minimum absolute atomic E-state index is 0.000626. The Morgan fingerprint density at radius 3 is 2.81 bits per heavy atom. The summed E-state index contributed by atoms with van der Waals surface area (Å²) in [6.07, 6.45) is 2.43. The maximum atomic E-state index is 14.3. The summed E-state index contributed by atoms with van der Waals surface area (Å²) >= 11 is 0. The van der Waals surface area contributed by atoms with Crippen LogP contribution in [0.25, 0.3) is 5.57 Å². The van der Waals surface area contributed by atoms with E-state index in [2.05, 4.69) is 15.6 Å². The van der Waals surface area contributed by atoms with Crippen molar-refractivity contribution in [3.05, 3.63) is 59.7 Å². The number of hydrogen-bond donors (Lipinski definition) is 3. The largest absolute Gasteiger partial charge is 0.496 e. The van der Waals surface area contributed by atoms with Gasteiger partial charge < -0.3 is 20.5 Å². The number of nitrogens with one attached hydrogen (secondary N) is 2. The highest BCUT2D eigenvalue weighted by molar-refractivity contribution is 5.73. The molecule has 6 heteroatoms. The minimum Gasteiger partial charge on any atom is -0.496 e. The van der Waals surface area contributed by atoms with Crippen molar-refractivity contribution in [3.8, 4) is 5.75 Å². The Bertz CT molecular complexity index is 820. The SMILES string of the molecule is COc1cccc(F)c1C1=CNC(c2cccc(NC(C)(C)CO)n2)C1. The molecule has 0 saturated carbocycles. The maximum absolute atomic E-state index is 14.3. The van der Waals surface area contributed by atoms with Gasteiger partial charge >= 0.3 is 0 Å². The minimum atomic E-state index is -0.460. The number of aliphatic hydroxyl groups excluding tert-OH is 1. The first-order chi connectivity index (χ1) is 12.4. The van der Waals surface area contributed by atoms with E-state index in [1.54, 1.807) is 12.1 Å². The van der Waals surface area contributed by atoms with Crippen LogP contribution in [-0.2, 0) is 0 Å². The van der Waals surface area contributed by atoms with Gasteiger partial charge in [-0.05, 0) is 43.7 Å². The molecule has 2 aromatic rings. The van der Waals surface area contributed by atoms with Gasteiger partial charge in [-0.25, -0.2) is 9.37 Å². The number of pyridine rings is 1. The highest BCUT2D eigenvalue weighted by atomic mass is 19.1. The van der Waals surface area contributed by atoms with Crippen LogP contribution in [0.4, 0.5) is 10.2 Å². The molecule has 0 radical (unpaired) electrons. The number of aromatic nitrogens is 1. The molecule has 1 aromatic heterocycles. The third-order valence-electron chi connectivity index (χ3n) is 4.39. The first-order valence-electron chi connectivity index (χ1n) is 8.57. The zero-order valence-electron chi connectivity index (χ0n) is 15.2. The molecule has 3 rings (SSSR count). The molecule has 138 valence electrons. The number of hydrogen-bond acceptors (Lipinski definition) is 5. The molecule has 0 saturated heterocycles. The summed E-state index contributed by atoms with van der Waals surface area (Å²) in [7, 11) is 1.54. The monoisotopic (exact) mass is 357 g/mol. The lowest BCUT2D eigenvalue weighted by molar-refractivity contribution is 0.234. The fourth-order valence-corrected chi connectivity index (χ4v) is 2.99. The second kappa shape index (κ2) is 7.33. The summed E-state index contributed by atoms with van der Waals surface area (Å²) in [5, 5.41) is 15.9. The van der Waals surface area contributed by atoms with Crippen LogP contribution in [0, 0.1) is 5.82 Å². The number of methoxy groups -OCH3 is 1. The predicted octanol–water partition coefficient (Wildman–Crippen LogP) is 3.49. The first kappa shape index (κ1) is 18.2. The van der Waals surface area contributed by atoms with E-state index in [0.717, 1.165) is 11.3 Å². The summed E-state index contributed by atoms with van der Waals surface area (Å²) in [5.41, 5.74) is 1.73. The highest BCUT2D eigenvalue weighted by Gasteiger charge is 2.25. The standard InChI is InChI=1S/C20H24FN3O2/c1-20(2,12-25)24-18-9-5-7-15(23-18)16-10-13(11-22-16)19-14(21)6-4-8-17(19)26-3/h4-9,11,16,22,25H,10,12H2,1-3H3,(H,23,24). The van der Waals surface area contributed by atoms with Crippen LogP contribution in [0.15, 0.2) is 42.6 Å². The lowest BCUT2D eigenvalue weighted by Crippen LogP contribution is -2.35. The Balaban J connectivity index is 1.79. The number of halogens is 1. The summed E-state index contributed by atoms with van der Waals surface area (Å²) in [6, 6.07) is 10.5. The predicted molar refractivity (Wildman–Crippen MR) is 100 cm³/mol. The second-order valence-corrected chi connectivity index (χ2v) is 7.02. The molecule has 0 spiro atoms. The van der Waals surface area contributed by atoms with Gasteiger partial charge in [0.25, 0.3) is 0 Å². The molecule has 0 fully saturated rings. The van der Waals surface area contributed by atoms with Crippen molar-refractivity contribution in [3.63, 3.8) is 0 Å². The molecular weight excluding hydrogens is 333 g/mol. The molecule has 1 aliphatic heterocycles. The topological polar surface area (TPSA) is 66.4 Å². The Morgan fingerprint density at radius 1 is 1.31 bits per heavy atom. The fourth-order valence-electron chi connectivity index (χ4n) is 2.99. The molecule has 1 atom stereocenters. The third kappa shape index (κ3) is 3.80. The van der Waals surface area contributed by atoms with Crippen molar-refractivity contribution in [1.82, 2.24) is 10.3 Å². The van der Waals surface area contributed by atoms with Crippen LogP contribution in [0.2, 0.25) is 0 Å². The normalized spacial score (nSPS) is 16.8. The lowest BCUT2D eigenvalue weighted by atomic mass is 9.99. The molecule has 1 unspecified atom stereocenters. The molecular formula is C20H24FN3O2. The Labute approximate surface area is 152 Å². The van der Waals surface area contributed by atoms with Crippen LogP contribution < -0.4 is 15.4 Å². The number of aliphatic hydroxyl groups is 1. The van der Waals surface area contributed by atoms with Crippen molar-refractivity contribution >= 4 is 11.4 Å². The van der Waals surface area contributed by atoms with Gasteiger partial charge in [0.05, 0.1) is 36.6 Å². The first-order valence-corrected chi connectivity index (χ1v) is 8.57. The van der Waals surface area contributed by atoms with Gasteiger partial charge in [-0.15, -0.1) is 0 Å². The van der Waals surface area contributed by atoms with Crippen LogP contribution in [0.3, 0.4) is 0 Å². The number of rotatable bonds is 6. The molecule has 3 N–H and O–H groups in total. The molecule has 1 aromatic carbocycles. The Hall–Kier alpha value is -2.60. The van der Waals surface area contributed by atoms with Crippen LogP contribution in [0.1, 0.15) is 37.6 Å². The quantitative estimate of drug-likeness (QED) is 0.739. The number of ether oxygens (including phenoxy) is 1. The highest BCUT2D eigenvalue weighted by Crippen LogP contribution is 2.37. The van der Waals surface area contributed by atoms with Crippen molar-refractivity contribution in [2.45, 2.75) is 31.8 Å². The van der Waals surface area contributed by atoms with Crippen molar-refractivity contribution in [2.75, 3.05) is 19.0 Å². The van der Waals surface area contributed by atoms with E-state index in [1.807, 2.05) is 38.2 Å². The van der Waals surface area contributed by atoms with E-state index >= 15 is 0 Å². The Morgan fingerprint density at radius 2 is 2.08 bits per heavy atom. The summed E-state index contributed by atoms with van der Waals surface area (Å²) in [4.78, 5) is 4.64. The van der Waals surface area contributed by atoms with E-state index in [9.17, 15) is 9.50 Å². The average molecular weight is 357 g/mol. The molecule has 0 bridgehead atoms. The molecule has 26 heavy (non-hydrogen) atoms. The average Bonchev–Trinajstić information content (AvgIpc) is 3.11. The second-order valence-electron chi connectivity index (χ2n) is 7.02. The van der Waals surface area contributed by atoms with Crippen molar-refractivity contribution in [1.29, 1.82) is 0 Å². The van der Waals surface area contributed by atoms with Gasteiger partial charge in [-0.2, -0.15) is 0 Å². The van der Waals surface area contributed by atoms with Crippen LogP contribution in [-0.4, -0.2) is 29.3 Å². The Kier molecular flexibility index (Phi) is 5.13. The van der Waals surface area contributed by atoms with Gasteiger partial charge in [0, 0.05) is 12.6 Å². The zero-order valence-corrected chi connectivity index (χ0v) is 15.2. The van der Waals surface area contributed by atoms with Crippen LogP contribution in [0.5, 0.6) is 5.75 Å².